The molecule has 2 aliphatic carbocycles. The van der Waals surface area contributed by atoms with Crippen LogP contribution in [0.15, 0.2) is 24.7 Å². The molecule has 1 N–H and O–H groups in total. The first-order chi connectivity index (χ1) is 16.6. The van der Waals surface area contributed by atoms with Gasteiger partial charge in [-0.15, -0.1) is 11.3 Å². The van der Waals surface area contributed by atoms with Crippen molar-refractivity contribution in [3.05, 3.63) is 34.4 Å². The van der Waals surface area contributed by atoms with Crippen LogP contribution in [0, 0.1) is 11.8 Å². The van der Waals surface area contributed by atoms with E-state index in [1.165, 1.54) is 11.3 Å². The minimum Gasteiger partial charge on any atom is -0.477 e. The third-order valence-corrected chi connectivity index (χ3v) is 8.88. The Morgan fingerprint density at radius 2 is 1.74 bits per heavy atom. The van der Waals surface area contributed by atoms with Crippen molar-refractivity contribution in [3.8, 4) is 5.88 Å². The van der Waals surface area contributed by atoms with Crippen molar-refractivity contribution >= 4 is 28.9 Å². The van der Waals surface area contributed by atoms with E-state index in [0.717, 1.165) is 56.2 Å². The molecule has 0 unspecified atom stereocenters. The van der Waals surface area contributed by atoms with Crippen molar-refractivity contribution < 1.29 is 19.4 Å². The summed E-state index contributed by atoms with van der Waals surface area (Å²) >= 11 is 1.30. The van der Waals surface area contributed by atoms with E-state index in [1.54, 1.807) is 18.6 Å². The number of thiophene rings is 1. The van der Waals surface area contributed by atoms with Gasteiger partial charge in [-0.1, -0.05) is 27.7 Å². The average molecular weight is 500 g/mol. The van der Waals surface area contributed by atoms with Gasteiger partial charge in [-0.2, -0.15) is 0 Å². The normalized spacial score (nSPS) is 25.1. The number of aromatic nitrogens is 2. The van der Waals surface area contributed by atoms with Crippen LogP contribution in [-0.4, -0.2) is 39.1 Å². The SMILES string of the molecule is CC1CCC(C(=O)N(c2cc(C(C)(C)C)sc2C(=O)O)C2CCC(Oc3cnccn3)CC2)CC1. The maximum atomic E-state index is 14.0. The monoisotopic (exact) mass is 499 g/mol. The highest BCUT2D eigenvalue weighted by Gasteiger charge is 2.38. The molecule has 0 aromatic carbocycles. The van der Waals surface area contributed by atoms with Gasteiger partial charge < -0.3 is 14.7 Å². The number of aromatic carboxylic acids is 1. The molecular formula is C27H37N3O4S. The quantitative estimate of drug-likeness (QED) is 0.517. The lowest BCUT2D eigenvalue weighted by Crippen LogP contribution is -2.47. The minimum atomic E-state index is -0.963. The number of amides is 1. The van der Waals surface area contributed by atoms with E-state index >= 15 is 0 Å². The van der Waals surface area contributed by atoms with Gasteiger partial charge in [0.05, 0.1) is 11.9 Å². The van der Waals surface area contributed by atoms with Crippen LogP contribution in [0.25, 0.3) is 0 Å². The van der Waals surface area contributed by atoms with Gasteiger partial charge in [0.15, 0.2) is 0 Å². The Kier molecular flexibility index (Phi) is 7.79. The lowest BCUT2D eigenvalue weighted by atomic mass is 9.81. The Labute approximate surface area is 211 Å². The second kappa shape index (κ2) is 10.6. The Morgan fingerprint density at radius 1 is 1.06 bits per heavy atom. The molecule has 2 heterocycles. The molecule has 0 radical (unpaired) electrons. The summed E-state index contributed by atoms with van der Waals surface area (Å²) in [7, 11) is 0. The lowest BCUT2D eigenvalue weighted by Gasteiger charge is -2.39. The summed E-state index contributed by atoms with van der Waals surface area (Å²) in [5.74, 6) is 0.246. The summed E-state index contributed by atoms with van der Waals surface area (Å²) in [4.78, 5) is 37.7. The van der Waals surface area contributed by atoms with Crippen molar-refractivity contribution in [1.29, 1.82) is 0 Å². The third-order valence-electron chi connectivity index (χ3n) is 7.34. The topological polar surface area (TPSA) is 92.6 Å². The molecule has 2 aliphatic rings. The number of anilines is 1. The Hall–Kier alpha value is -2.48. The van der Waals surface area contributed by atoms with Crippen LogP contribution < -0.4 is 9.64 Å². The summed E-state index contributed by atoms with van der Waals surface area (Å²) < 4.78 is 6.02. The molecule has 2 fully saturated rings. The number of hydrogen-bond acceptors (Lipinski definition) is 6. The summed E-state index contributed by atoms with van der Waals surface area (Å²) in [6, 6.07) is 1.92. The van der Waals surface area contributed by atoms with Crippen LogP contribution in [-0.2, 0) is 10.2 Å². The molecule has 7 nitrogen and oxygen atoms in total. The van der Waals surface area contributed by atoms with Gasteiger partial charge in [-0.25, -0.2) is 9.78 Å². The van der Waals surface area contributed by atoms with Crippen LogP contribution >= 0.6 is 11.3 Å². The van der Waals surface area contributed by atoms with E-state index in [4.69, 9.17) is 4.74 Å². The Morgan fingerprint density at radius 3 is 2.31 bits per heavy atom. The molecule has 4 rings (SSSR count). The molecule has 0 saturated heterocycles. The number of rotatable bonds is 6. The zero-order valence-corrected chi connectivity index (χ0v) is 22.0. The largest absolute Gasteiger partial charge is 0.477 e. The molecule has 8 heteroatoms. The molecule has 0 spiro atoms. The average Bonchev–Trinajstić information content (AvgIpc) is 3.27. The van der Waals surface area contributed by atoms with Crippen LogP contribution in [0.3, 0.4) is 0 Å². The second-order valence-electron chi connectivity index (χ2n) is 11.1. The number of ether oxygens (including phenoxy) is 1. The molecule has 1 amide bonds. The van der Waals surface area contributed by atoms with Crippen LogP contribution in [0.2, 0.25) is 0 Å². The van der Waals surface area contributed by atoms with Crippen LogP contribution in [0.4, 0.5) is 5.69 Å². The van der Waals surface area contributed by atoms with Gasteiger partial charge in [0.1, 0.15) is 11.0 Å². The number of hydrogen-bond donors (Lipinski definition) is 1. The number of carboxylic acids is 1. The second-order valence-corrected chi connectivity index (χ2v) is 12.2. The van der Waals surface area contributed by atoms with E-state index in [9.17, 15) is 14.7 Å². The van der Waals surface area contributed by atoms with Gasteiger partial charge >= 0.3 is 5.97 Å². The van der Waals surface area contributed by atoms with E-state index in [0.29, 0.717) is 17.5 Å². The van der Waals surface area contributed by atoms with Gasteiger partial charge in [0.2, 0.25) is 11.8 Å². The maximum Gasteiger partial charge on any atom is 0.348 e. The molecule has 0 atom stereocenters. The first-order valence-corrected chi connectivity index (χ1v) is 13.6. The molecular weight excluding hydrogens is 462 g/mol. The highest BCUT2D eigenvalue weighted by Crippen LogP contribution is 2.42. The molecule has 190 valence electrons. The van der Waals surface area contributed by atoms with Crippen LogP contribution in [0.5, 0.6) is 5.88 Å². The zero-order valence-electron chi connectivity index (χ0n) is 21.2. The van der Waals surface area contributed by atoms with E-state index in [1.807, 2.05) is 11.0 Å². The fourth-order valence-corrected chi connectivity index (χ4v) is 6.27. The Bertz CT molecular complexity index is 1020. The molecule has 0 aliphatic heterocycles. The van der Waals surface area contributed by atoms with Gasteiger partial charge in [0, 0.05) is 29.2 Å². The van der Waals surface area contributed by atoms with Gasteiger partial charge in [-0.3, -0.25) is 9.78 Å². The zero-order chi connectivity index (χ0) is 25.2. The summed E-state index contributed by atoms with van der Waals surface area (Å²) in [6.07, 6.45) is 11.8. The number of carbonyl (C=O) groups is 2. The first-order valence-electron chi connectivity index (χ1n) is 12.8. The summed E-state index contributed by atoms with van der Waals surface area (Å²) in [5.41, 5.74) is 0.388. The summed E-state index contributed by atoms with van der Waals surface area (Å²) in [6.45, 7) is 8.49. The van der Waals surface area contributed by atoms with Crippen molar-refractivity contribution in [2.75, 3.05) is 4.90 Å². The maximum absolute atomic E-state index is 14.0. The third kappa shape index (κ3) is 6.02. The lowest BCUT2D eigenvalue weighted by molar-refractivity contribution is -0.124. The van der Waals surface area contributed by atoms with Gasteiger partial charge in [-0.05, 0) is 68.8 Å². The highest BCUT2D eigenvalue weighted by molar-refractivity contribution is 7.14. The molecule has 0 bridgehead atoms. The van der Waals surface area contributed by atoms with Crippen molar-refractivity contribution in [1.82, 2.24) is 9.97 Å². The van der Waals surface area contributed by atoms with Crippen LogP contribution in [0.1, 0.15) is 93.6 Å². The van der Waals surface area contributed by atoms with Crippen molar-refractivity contribution in [2.45, 2.75) is 96.6 Å². The molecule has 35 heavy (non-hydrogen) atoms. The standard InChI is InChI=1S/C27H37N3O4S/c1-17-5-7-18(8-6-17)25(31)30(21-15-22(27(2,3)4)35-24(21)26(32)33)19-9-11-20(12-10-19)34-23-16-28-13-14-29-23/h13-20H,5-12H2,1-4H3,(H,32,33). The highest BCUT2D eigenvalue weighted by atomic mass is 32.1. The molecule has 2 aromatic rings. The number of carbonyl (C=O) groups excluding carboxylic acids is 1. The predicted molar refractivity (Wildman–Crippen MR) is 137 cm³/mol. The number of carboxylic acid groups (broad SMARTS) is 1. The van der Waals surface area contributed by atoms with Gasteiger partial charge in [0.25, 0.3) is 0 Å². The van der Waals surface area contributed by atoms with E-state index in [-0.39, 0.29) is 34.3 Å². The molecule has 2 saturated carbocycles. The fourth-order valence-electron chi connectivity index (χ4n) is 5.22. The number of nitrogens with zero attached hydrogens (tertiary/aromatic N) is 3. The van der Waals surface area contributed by atoms with E-state index in [2.05, 4.69) is 37.7 Å². The van der Waals surface area contributed by atoms with E-state index < -0.39 is 5.97 Å². The van der Waals surface area contributed by atoms with Crippen molar-refractivity contribution in [2.24, 2.45) is 11.8 Å². The fraction of sp³-hybridized carbons (Fsp3) is 0.630. The predicted octanol–water partition coefficient (Wildman–Crippen LogP) is 6.08. The molecule has 2 aromatic heterocycles. The summed E-state index contributed by atoms with van der Waals surface area (Å²) in [5, 5.41) is 10.1. The smallest absolute Gasteiger partial charge is 0.348 e. The Balaban J connectivity index is 1.60. The minimum absolute atomic E-state index is 0.0157. The van der Waals surface area contributed by atoms with Crippen molar-refractivity contribution in [3.63, 3.8) is 0 Å². The first kappa shape index (κ1) is 25.6.